The molecule has 3 aromatic rings. The van der Waals surface area contributed by atoms with Gasteiger partial charge < -0.3 is 10.3 Å². The Bertz CT molecular complexity index is 954. The van der Waals surface area contributed by atoms with Crippen molar-refractivity contribution in [1.29, 1.82) is 0 Å². The van der Waals surface area contributed by atoms with E-state index in [0.717, 1.165) is 46.2 Å². The molecular weight excluding hydrogens is 317 g/mol. The predicted octanol–water partition coefficient (Wildman–Crippen LogP) is 4.41. The number of hydrogen-bond acceptors (Lipinski definition) is 4. The zero-order valence-electron chi connectivity index (χ0n) is 14.6. The molecule has 4 rings (SSSR count). The molecule has 0 spiro atoms. The quantitative estimate of drug-likeness (QED) is 0.752. The fraction of sp³-hybridized carbons (Fsp3) is 0.300. The molecule has 0 amide bonds. The van der Waals surface area contributed by atoms with E-state index in [1.165, 1.54) is 6.07 Å². The number of halogens is 1. The summed E-state index contributed by atoms with van der Waals surface area (Å²) >= 11 is 0. The molecule has 1 aliphatic rings. The van der Waals surface area contributed by atoms with Crippen molar-refractivity contribution >= 4 is 0 Å². The summed E-state index contributed by atoms with van der Waals surface area (Å²) in [7, 11) is 0. The van der Waals surface area contributed by atoms with E-state index in [1.807, 2.05) is 6.07 Å². The minimum absolute atomic E-state index is 0.196. The van der Waals surface area contributed by atoms with Crippen LogP contribution < -0.4 is 5.73 Å². The highest BCUT2D eigenvalue weighted by molar-refractivity contribution is 5.78. The van der Waals surface area contributed by atoms with Gasteiger partial charge in [-0.05, 0) is 72.7 Å². The van der Waals surface area contributed by atoms with Gasteiger partial charge in [0.2, 0.25) is 11.7 Å². The summed E-state index contributed by atoms with van der Waals surface area (Å²) in [5.41, 5.74) is 13.2. The van der Waals surface area contributed by atoms with Crippen molar-refractivity contribution in [3.63, 3.8) is 0 Å². The van der Waals surface area contributed by atoms with Gasteiger partial charge >= 0.3 is 0 Å². The number of benzene rings is 2. The van der Waals surface area contributed by atoms with Crippen molar-refractivity contribution in [3.05, 3.63) is 58.2 Å². The molecule has 4 nitrogen and oxygen atoms in total. The number of nitrogens with two attached hydrogens (primary N) is 1. The van der Waals surface area contributed by atoms with Crippen molar-refractivity contribution in [1.82, 2.24) is 10.1 Å². The van der Waals surface area contributed by atoms with Crippen LogP contribution in [0.3, 0.4) is 0 Å². The summed E-state index contributed by atoms with van der Waals surface area (Å²) < 4.78 is 19.3. The smallest absolute Gasteiger partial charge is 0.223 e. The van der Waals surface area contributed by atoms with Gasteiger partial charge in [-0.2, -0.15) is 4.98 Å². The maximum Gasteiger partial charge on any atom is 0.223 e. The first-order valence-corrected chi connectivity index (χ1v) is 8.45. The molecular formula is C20H20FN3O. The molecule has 0 aliphatic heterocycles. The maximum atomic E-state index is 14.2. The van der Waals surface area contributed by atoms with Crippen molar-refractivity contribution in [2.45, 2.75) is 39.7 Å². The highest BCUT2D eigenvalue weighted by Gasteiger charge is 2.27. The molecule has 0 radical (unpaired) electrons. The highest BCUT2D eigenvalue weighted by Crippen LogP contribution is 2.41. The van der Waals surface area contributed by atoms with Gasteiger partial charge in [0, 0.05) is 24.1 Å². The summed E-state index contributed by atoms with van der Waals surface area (Å²) in [4.78, 5) is 4.30. The number of aryl methyl sites for hydroxylation is 3. The average molecular weight is 337 g/mol. The summed E-state index contributed by atoms with van der Waals surface area (Å²) in [6.07, 6.45) is 1.61. The molecule has 2 aromatic carbocycles. The van der Waals surface area contributed by atoms with Gasteiger partial charge in [-0.15, -0.1) is 0 Å². The highest BCUT2D eigenvalue weighted by atomic mass is 19.1. The van der Waals surface area contributed by atoms with Gasteiger partial charge in [-0.25, -0.2) is 4.39 Å². The second-order valence-electron chi connectivity index (χ2n) is 6.75. The molecule has 0 saturated heterocycles. The van der Waals surface area contributed by atoms with Crippen molar-refractivity contribution in [3.8, 4) is 22.5 Å². The largest absolute Gasteiger partial charge is 0.339 e. The van der Waals surface area contributed by atoms with Crippen molar-refractivity contribution in [2.24, 2.45) is 5.73 Å². The zero-order chi connectivity index (χ0) is 17.7. The van der Waals surface area contributed by atoms with E-state index in [1.54, 1.807) is 6.92 Å². The normalized spacial score (nSPS) is 16.3. The van der Waals surface area contributed by atoms with Gasteiger partial charge in [0.15, 0.2) is 0 Å². The van der Waals surface area contributed by atoms with Crippen LogP contribution in [-0.4, -0.2) is 10.1 Å². The molecule has 5 heteroatoms. The lowest BCUT2D eigenvalue weighted by Crippen LogP contribution is -2.07. The third kappa shape index (κ3) is 2.55. The van der Waals surface area contributed by atoms with Gasteiger partial charge in [-0.3, -0.25) is 0 Å². The molecule has 2 N–H and O–H groups in total. The fourth-order valence-electron chi connectivity index (χ4n) is 3.92. The lowest BCUT2D eigenvalue weighted by molar-refractivity contribution is 0.394. The molecule has 1 heterocycles. The van der Waals surface area contributed by atoms with E-state index in [4.69, 9.17) is 10.3 Å². The van der Waals surface area contributed by atoms with Crippen LogP contribution in [0.25, 0.3) is 22.5 Å². The Labute approximate surface area is 145 Å². The Balaban J connectivity index is 1.88. The van der Waals surface area contributed by atoms with Crippen LogP contribution in [0.2, 0.25) is 0 Å². The van der Waals surface area contributed by atoms with Gasteiger partial charge in [0.1, 0.15) is 5.82 Å². The number of nitrogens with zero attached hydrogens (tertiary/aromatic N) is 2. The number of rotatable bonds is 2. The van der Waals surface area contributed by atoms with Crippen LogP contribution in [0, 0.1) is 26.6 Å². The third-order valence-corrected chi connectivity index (χ3v) is 4.97. The summed E-state index contributed by atoms with van der Waals surface area (Å²) in [5, 5.41) is 4.00. The Morgan fingerprint density at radius 2 is 1.88 bits per heavy atom. The van der Waals surface area contributed by atoms with Crippen LogP contribution in [-0.2, 0) is 6.42 Å². The Hall–Kier alpha value is -2.53. The first kappa shape index (κ1) is 16.0. The first-order chi connectivity index (χ1) is 12.0. The lowest BCUT2D eigenvalue weighted by Gasteiger charge is -2.16. The monoisotopic (exact) mass is 337 g/mol. The Kier molecular flexibility index (Phi) is 3.69. The molecule has 1 aromatic heterocycles. The van der Waals surface area contributed by atoms with Gasteiger partial charge in [0.05, 0.1) is 0 Å². The summed E-state index contributed by atoms with van der Waals surface area (Å²) in [6.45, 7) is 5.89. The number of hydrogen-bond donors (Lipinski definition) is 1. The predicted molar refractivity (Wildman–Crippen MR) is 94.6 cm³/mol. The fourth-order valence-corrected chi connectivity index (χ4v) is 3.92. The van der Waals surface area contributed by atoms with Crippen LogP contribution in [0.1, 0.15) is 40.6 Å². The molecule has 1 atom stereocenters. The van der Waals surface area contributed by atoms with Crippen LogP contribution in [0.4, 0.5) is 4.39 Å². The standard InChI is InChI=1S/C20H20FN3O/c1-10-8-13(20-23-12(3)25-24-20)9-11(2)18(10)14-4-6-16(21)19-15(14)5-7-17(19)22/h4,6,8-9,17H,5,7,22H2,1-3H3/t17-/m1/s1. The molecule has 0 saturated carbocycles. The molecule has 128 valence electrons. The van der Waals surface area contributed by atoms with E-state index in [-0.39, 0.29) is 11.9 Å². The van der Waals surface area contributed by atoms with Crippen LogP contribution in [0.5, 0.6) is 0 Å². The van der Waals surface area contributed by atoms with Crippen LogP contribution in [0.15, 0.2) is 28.8 Å². The SMILES string of the molecule is Cc1nc(-c2cc(C)c(-c3ccc(F)c4c3CC[C@H]4N)c(C)c2)no1. The summed E-state index contributed by atoms with van der Waals surface area (Å²) in [5.74, 6) is 0.930. The first-order valence-electron chi connectivity index (χ1n) is 8.45. The number of fused-ring (bicyclic) bond motifs is 1. The third-order valence-electron chi connectivity index (χ3n) is 4.97. The van der Waals surface area contributed by atoms with Crippen molar-refractivity contribution < 1.29 is 8.91 Å². The second-order valence-corrected chi connectivity index (χ2v) is 6.75. The van der Waals surface area contributed by atoms with Gasteiger partial charge in [0.25, 0.3) is 0 Å². The van der Waals surface area contributed by atoms with Crippen molar-refractivity contribution in [2.75, 3.05) is 0 Å². The molecule has 0 bridgehead atoms. The maximum absolute atomic E-state index is 14.2. The Morgan fingerprint density at radius 3 is 2.52 bits per heavy atom. The molecule has 1 aliphatic carbocycles. The molecule has 0 unspecified atom stereocenters. The topological polar surface area (TPSA) is 64.9 Å². The van der Waals surface area contributed by atoms with E-state index < -0.39 is 0 Å². The van der Waals surface area contributed by atoms with E-state index >= 15 is 0 Å². The minimum Gasteiger partial charge on any atom is -0.339 e. The molecule has 0 fully saturated rings. The van der Waals surface area contributed by atoms with E-state index in [2.05, 4.69) is 36.1 Å². The minimum atomic E-state index is -0.211. The Morgan fingerprint density at radius 1 is 1.16 bits per heavy atom. The lowest BCUT2D eigenvalue weighted by atomic mass is 9.89. The number of aromatic nitrogens is 2. The van der Waals surface area contributed by atoms with Gasteiger partial charge in [-0.1, -0.05) is 11.2 Å². The van der Waals surface area contributed by atoms with E-state index in [0.29, 0.717) is 17.3 Å². The summed E-state index contributed by atoms with van der Waals surface area (Å²) in [6, 6.07) is 7.31. The molecule has 25 heavy (non-hydrogen) atoms. The van der Waals surface area contributed by atoms with E-state index in [9.17, 15) is 4.39 Å². The average Bonchev–Trinajstić information content (AvgIpc) is 3.16. The second kappa shape index (κ2) is 5.77. The van der Waals surface area contributed by atoms with Crippen LogP contribution >= 0.6 is 0 Å². The zero-order valence-corrected chi connectivity index (χ0v) is 14.6.